The van der Waals surface area contributed by atoms with Crippen molar-refractivity contribution in [2.45, 2.75) is 38.3 Å². The summed E-state index contributed by atoms with van der Waals surface area (Å²) in [6, 6.07) is 21.1. The summed E-state index contributed by atoms with van der Waals surface area (Å²) in [5.74, 6) is 0.842. The summed E-state index contributed by atoms with van der Waals surface area (Å²) in [7, 11) is 0. The molecule has 33 heavy (non-hydrogen) atoms. The number of amides is 1. The summed E-state index contributed by atoms with van der Waals surface area (Å²) in [6.07, 6.45) is 1.07. The van der Waals surface area contributed by atoms with Crippen molar-refractivity contribution in [3.8, 4) is 0 Å². The van der Waals surface area contributed by atoms with E-state index in [0.29, 0.717) is 17.9 Å². The number of fused-ring (bicyclic) bond motifs is 1. The lowest BCUT2D eigenvalue weighted by Crippen LogP contribution is -2.31. The maximum Gasteiger partial charge on any atom is 0.252 e. The summed E-state index contributed by atoms with van der Waals surface area (Å²) in [6.45, 7) is 8.04. The number of hydrogen-bond donors (Lipinski definition) is 3. The molecular formula is C27H33N5O. The van der Waals surface area contributed by atoms with Crippen LogP contribution < -0.4 is 16.2 Å². The van der Waals surface area contributed by atoms with Gasteiger partial charge in [0.1, 0.15) is 0 Å². The standard InChI is InChI=1S/C27H33N5O/c1-18(2)29-27(33)23-14-25(30-24-11-7-6-10-22(23)24)20-12-13-32(16-20)17-21-15-28-31-26(21)19-8-4-3-5-9-19/h3-11,14,18,20-21,26,28,31H,12-13,15-17H2,1-2H3,(H,29,33). The minimum absolute atomic E-state index is 0.0199. The molecule has 2 saturated heterocycles. The van der Waals surface area contributed by atoms with Crippen molar-refractivity contribution in [2.24, 2.45) is 5.92 Å². The molecule has 6 heteroatoms. The second kappa shape index (κ2) is 9.59. The van der Waals surface area contributed by atoms with Gasteiger partial charge in [-0.05, 0) is 44.5 Å². The molecule has 2 aliphatic heterocycles. The van der Waals surface area contributed by atoms with Crippen LogP contribution in [0.2, 0.25) is 0 Å². The van der Waals surface area contributed by atoms with E-state index in [0.717, 1.165) is 54.8 Å². The van der Waals surface area contributed by atoms with Gasteiger partial charge in [0.15, 0.2) is 0 Å². The minimum atomic E-state index is -0.0199. The first-order chi connectivity index (χ1) is 16.1. The van der Waals surface area contributed by atoms with E-state index in [1.165, 1.54) is 5.56 Å². The number of benzene rings is 2. The number of hydrogen-bond acceptors (Lipinski definition) is 5. The molecule has 172 valence electrons. The highest BCUT2D eigenvalue weighted by atomic mass is 16.1. The third-order valence-corrected chi connectivity index (χ3v) is 6.84. The van der Waals surface area contributed by atoms with Crippen LogP contribution in [0.3, 0.4) is 0 Å². The Morgan fingerprint density at radius 1 is 1.15 bits per heavy atom. The van der Waals surface area contributed by atoms with Gasteiger partial charge in [0.2, 0.25) is 0 Å². The van der Waals surface area contributed by atoms with Gasteiger partial charge in [-0.2, -0.15) is 0 Å². The van der Waals surface area contributed by atoms with Crippen LogP contribution in [0.5, 0.6) is 0 Å². The van der Waals surface area contributed by atoms with Crippen molar-refractivity contribution < 1.29 is 4.79 Å². The van der Waals surface area contributed by atoms with Crippen molar-refractivity contribution in [3.63, 3.8) is 0 Å². The van der Waals surface area contributed by atoms with Crippen molar-refractivity contribution in [3.05, 3.63) is 77.5 Å². The maximum absolute atomic E-state index is 12.9. The molecule has 0 spiro atoms. The molecule has 0 radical (unpaired) electrons. The van der Waals surface area contributed by atoms with Crippen LogP contribution in [0, 0.1) is 5.92 Å². The molecule has 3 aromatic rings. The average Bonchev–Trinajstić information content (AvgIpc) is 3.48. The molecule has 2 fully saturated rings. The second-order valence-electron chi connectivity index (χ2n) is 9.66. The van der Waals surface area contributed by atoms with Gasteiger partial charge in [-0.25, -0.2) is 5.43 Å². The lowest BCUT2D eigenvalue weighted by atomic mass is 9.94. The van der Waals surface area contributed by atoms with E-state index >= 15 is 0 Å². The van der Waals surface area contributed by atoms with E-state index in [1.807, 2.05) is 44.2 Å². The lowest BCUT2D eigenvalue weighted by Gasteiger charge is -2.24. The molecule has 0 saturated carbocycles. The third-order valence-electron chi connectivity index (χ3n) is 6.84. The molecule has 3 unspecified atom stereocenters. The third kappa shape index (κ3) is 4.78. The SMILES string of the molecule is CC(C)NC(=O)c1cc(C2CCN(CC3CNNC3c3ccccc3)C2)nc2ccccc12. The highest BCUT2D eigenvalue weighted by molar-refractivity contribution is 6.06. The Morgan fingerprint density at radius 3 is 2.76 bits per heavy atom. The summed E-state index contributed by atoms with van der Waals surface area (Å²) in [5, 5.41) is 3.97. The molecule has 3 heterocycles. The number of pyridine rings is 1. The first-order valence-corrected chi connectivity index (χ1v) is 12.0. The van der Waals surface area contributed by atoms with Gasteiger partial charge in [-0.15, -0.1) is 0 Å². The molecule has 5 rings (SSSR count). The van der Waals surface area contributed by atoms with Crippen LogP contribution in [0.25, 0.3) is 10.9 Å². The van der Waals surface area contributed by atoms with E-state index in [1.54, 1.807) is 0 Å². The molecule has 2 aliphatic rings. The van der Waals surface area contributed by atoms with Crippen LogP contribution in [-0.4, -0.2) is 48.0 Å². The van der Waals surface area contributed by atoms with Gasteiger partial charge in [-0.1, -0.05) is 48.5 Å². The molecule has 3 atom stereocenters. The quantitative estimate of drug-likeness (QED) is 0.543. The summed E-state index contributed by atoms with van der Waals surface area (Å²) < 4.78 is 0. The second-order valence-corrected chi connectivity index (χ2v) is 9.66. The maximum atomic E-state index is 12.9. The van der Waals surface area contributed by atoms with Gasteiger partial charge in [0.05, 0.1) is 17.1 Å². The molecule has 1 amide bonds. The van der Waals surface area contributed by atoms with Gasteiger partial charge >= 0.3 is 0 Å². The Hall–Kier alpha value is -2.80. The van der Waals surface area contributed by atoms with Crippen LogP contribution in [0.15, 0.2) is 60.7 Å². The van der Waals surface area contributed by atoms with Crippen LogP contribution >= 0.6 is 0 Å². The Kier molecular flexibility index (Phi) is 6.40. The molecule has 6 nitrogen and oxygen atoms in total. The molecular weight excluding hydrogens is 410 g/mol. The fourth-order valence-corrected chi connectivity index (χ4v) is 5.23. The van der Waals surface area contributed by atoms with Gasteiger partial charge in [0.25, 0.3) is 5.91 Å². The number of carbonyl (C=O) groups is 1. The number of hydrazine groups is 1. The smallest absolute Gasteiger partial charge is 0.252 e. The van der Waals surface area contributed by atoms with Crippen molar-refractivity contribution in [1.82, 2.24) is 26.1 Å². The first kappa shape index (κ1) is 22.0. The van der Waals surface area contributed by atoms with Crippen molar-refractivity contribution >= 4 is 16.8 Å². The molecule has 0 bridgehead atoms. The predicted octanol–water partition coefficient (Wildman–Crippen LogP) is 3.63. The van der Waals surface area contributed by atoms with E-state index in [4.69, 9.17) is 4.98 Å². The number of rotatable bonds is 6. The van der Waals surface area contributed by atoms with Gasteiger partial charge < -0.3 is 10.2 Å². The Morgan fingerprint density at radius 2 is 1.94 bits per heavy atom. The lowest BCUT2D eigenvalue weighted by molar-refractivity contribution is 0.0944. The van der Waals surface area contributed by atoms with Crippen LogP contribution in [0.1, 0.15) is 53.8 Å². The zero-order chi connectivity index (χ0) is 22.8. The zero-order valence-corrected chi connectivity index (χ0v) is 19.4. The Bertz CT molecular complexity index is 1120. The number of aromatic nitrogens is 1. The van der Waals surface area contributed by atoms with E-state index < -0.39 is 0 Å². The highest BCUT2D eigenvalue weighted by Crippen LogP contribution is 2.32. The van der Waals surface area contributed by atoms with E-state index in [-0.39, 0.29) is 11.9 Å². The zero-order valence-electron chi connectivity index (χ0n) is 19.4. The average molecular weight is 444 g/mol. The topological polar surface area (TPSA) is 69.3 Å². The number of likely N-dealkylation sites (tertiary alicyclic amines) is 1. The summed E-state index contributed by atoms with van der Waals surface area (Å²) in [5.41, 5.74) is 10.8. The van der Waals surface area contributed by atoms with E-state index in [9.17, 15) is 4.79 Å². The molecule has 2 aromatic carbocycles. The summed E-state index contributed by atoms with van der Waals surface area (Å²) in [4.78, 5) is 20.5. The number of nitrogens with one attached hydrogen (secondary N) is 3. The molecule has 0 aliphatic carbocycles. The molecule has 3 N–H and O–H groups in total. The predicted molar refractivity (Wildman–Crippen MR) is 132 cm³/mol. The first-order valence-electron chi connectivity index (χ1n) is 12.0. The number of nitrogens with zero attached hydrogens (tertiary/aromatic N) is 2. The van der Waals surface area contributed by atoms with E-state index in [2.05, 4.69) is 51.4 Å². The minimum Gasteiger partial charge on any atom is -0.350 e. The number of carbonyl (C=O) groups excluding carboxylic acids is 1. The van der Waals surface area contributed by atoms with Crippen molar-refractivity contribution in [2.75, 3.05) is 26.2 Å². The van der Waals surface area contributed by atoms with Crippen LogP contribution in [-0.2, 0) is 0 Å². The number of para-hydroxylation sites is 1. The Labute approximate surface area is 195 Å². The largest absolute Gasteiger partial charge is 0.350 e. The van der Waals surface area contributed by atoms with Gasteiger partial charge in [-0.3, -0.25) is 15.2 Å². The fourth-order valence-electron chi connectivity index (χ4n) is 5.23. The van der Waals surface area contributed by atoms with Crippen molar-refractivity contribution in [1.29, 1.82) is 0 Å². The van der Waals surface area contributed by atoms with Crippen LogP contribution in [0.4, 0.5) is 0 Å². The highest BCUT2D eigenvalue weighted by Gasteiger charge is 2.33. The Balaban J connectivity index is 1.33. The summed E-state index contributed by atoms with van der Waals surface area (Å²) >= 11 is 0. The monoisotopic (exact) mass is 443 g/mol. The normalized spacial score (nSPS) is 23.4. The van der Waals surface area contributed by atoms with Gasteiger partial charge in [0, 0.05) is 48.6 Å². The fraction of sp³-hybridized carbons (Fsp3) is 0.407. The molecule has 1 aromatic heterocycles.